The molecule has 0 bridgehead atoms. The summed E-state index contributed by atoms with van der Waals surface area (Å²) < 4.78 is 28.6. The van der Waals surface area contributed by atoms with Crippen molar-refractivity contribution in [3.8, 4) is 28.6 Å². The van der Waals surface area contributed by atoms with E-state index in [2.05, 4.69) is 10.3 Å². The van der Waals surface area contributed by atoms with Crippen LogP contribution in [0.3, 0.4) is 0 Å². The van der Waals surface area contributed by atoms with E-state index in [1.165, 1.54) is 32.5 Å². The Bertz CT molecular complexity index is 1830. The van der Waals surface area contributed by atoms with Crippen molar-refractivity contribution in [2.45, 2.75) is 20.0 Å². The van der Waals surface area contributed by atoms with Crippen LogP contribution in [0.15, 0.2) is 69.9 Å². The van der Waals surface area contributed by atoms with Crippen LogP contribution in [0, 0.1) is 0 Å². The molecule has 0 aliphatic rings. The molecular formula is C30H26N2O8S. The van der Waals surface area contributed by atoms with Crippen molar-refractivity contribution in [1.29, 1.82) is 0 Å². The predicted octanol–water partition coefficient (Wildman–Crippen LogP) is 5.67. The molecule has 1 amide bonds. The molecule has 1 atom stereocenters. The van der Waals surface area contributed by atoms with Crippen LogP contribution in [-0.2, 0) is 9.53 Å². The predicted molar refractivity (Wildman–Crippen MR) is 155 cm³/mol. The number of fused-ring (bicyclic) bond motifs is 2. The van der Waals surface area contributed by atoms with Crippen LogP contribution in [0.2, 0.25) is 0 Å². The number of anilines is 1. The quantitative estimate of drug-likeness (QED) is 0.222. The maximum Gasteiger partial charge on any atom is 0.338 e. The lowest BCUT2D eigenvalue weighted by Gasteiger charge is -2.17. The average molecular weight is 575 g/mol. The van der Waals surface area contributed by atoms with Gasteiger partial charge < -0.3 is 23.4 Å². The van der Waals surface area contributed by atoms with Crippen molar-refractivity contribution < 1.29 is 33.0 Å². The Kier molecular flexibility index (Phi) is 7.88. The van der Waals surface area contributed by atoms with Gasteiger partial charge in [-0.2, -0.15) is 0 Å². The van der Waals surface area contributed by atoms with E-state index < -0.39 is 23.4 Å². The number of carbonyl (C=O) groups is 2. The Morgan fingerprint density at radius 3 is 2.56 bits per heavy atom. The SMILES string of the molecule is CCOC(=O)c1ccc2nc(NC(=O)C(C)Oc3c(-c4ccc(OC)c(OC)c4)oc4ccccc4c3=O)sc2c1. The van der Waals surface area contributed by atoms with Gasteiger partial charge in [0.15, 0.2) is 28.5 Å². The molecule has 2 aromatic heterocycles. The first-order chi connectivity index (χ1) is 19.8. The van der Waals surface area contributed by atoms with Gasteiger partial charge in [0.05, 0.1) is 42.0 Å². The van der Waals surface area contributed by atoms with Gasteiger partial charge in [-0.05, 0) is 62.4 Å². The van der Waals surface area contributed by atoms with Gasteiger partial charge in [0.25, 0.3) is 5.91 Å². The van der Waals surface area contributed by atoms with E-state index >= 15 is 0 Å². The van der Waals surface area contributed by atoms with Crippen LogP contribution in [0.25, 0.3) is 32.5 Å². The fraction of sp³-hybridized carbons (Fsp3) is 0.200. The third-order valence-electron chi connectivity index (χ3n) is 6.20. The minimum absolute atomic E-state index is 0.123. The van der Waals surface area contributed by atoms with E-state index in [0.29, 0.717) is 48.9 Å². The Labute approximate surface area is 238 Å². The summed E-state index contributed by atoms with van der Waals surface area (Å²) in [4.78, 5) is 43.2. The summed E-state index contributed by atoms with van der Waals surface area (Å²) in [7, 11) is 3.02. The highest BCUT2D eigenvalue weighted by Gasteiger charge is 2.24. The summed E-state index contributed by atoms with van der Waals surface area (Å²) in [6.07, 6.45) is -1.10. The summed E-state index contributed by atoms with van der Waals surface area (Å²) in [6.45, 7) is 3.52. The lowest BCUT2D eigenvalue weighted by atomic mass is 10.1. The van der Waals surface area contributed by atoms with Crippen LogP contribution in [-0.4, -0.2) is 43.8 Å². The van der Waals surface area contributed by atoms with Crippen LogP contribution in [0.1, 0.15) is 24.2 Å². The fourth-order valence-corrected chi connectivity index (χ4v) is 5.06. The van der Waals surface area contributed by atoms with Crippen molar-refractivity contribution in [1.82, 2.24) is 4.98 Å². The van der Waals surface area contributed by atoms with Gasteiger partial charge in [-0.15, -0.1) is 0 Å². The largest absolute Gasteiger partial charge is 0.493 e. The number of para-hydroxylation sites is 1. The number of esters is 1. The second-order valence-corrected chi connectivity index (χ2v) is 9.86. The zero-order chi connectivity index (χ0) is 29.1. The number of thiazole rings is 1. The summed E-state index contributed by atoms with van der Waals surface area (Å²) in [5, 5.41) is 3.35. The third kappa shape index (κ3) is 5.57. The molecule has 5 rings (SSSR count). The van der Waals surface area contributed by atoms with Crippen LogP contribution in [0.5, 0.6) is 17.2 Å². The number of rotatable bonds is 9. The number of carbonyl (C=O) groups excluding carboxylic acids is 2. The lowest BCUT2D eigenvalue weighted by molar-refractivity contribution is -0.122. The first-order valence-electron chi connectivity index (χ1n) is 12.7. The summed E-state index contributed by atoms with van der Waals surface area (Å²) in [5.74, 6) is -0.0163. The molecule has 0 saturated heterocycles. The average Bonchev–Trinajstić information content (AvgIpc) is 3.39. The van der Waals surface area contributed by atoms with Crippen molar-refractivity contribution in [3.63, 3.8) is 0 Å². The number of hydrogen-bond donors (Lipinski definition) is 1. The molecule has 0 fully saturated rings. The molecule has 1 N–H and O–H groups in total. The molecule has 10 nitrogen and oxygen atoms in total. The second kappa shape index (κ2) is 11.7. The molecule has 210 valence electrons. The van der Waals surface area contributed by atoms with Crippen molar-refractivity contribution >= 4 is 49.5 Å². The van der Waals surface area contributed by atoms with Crippen molar-refractivity contribution in [3.05, 3.63) is 76.5 Å². The summed E-state index contributed by atoms with van der Waals surface area (Å²) in [5.41, 5.74) is 1.43. The van der Waals surface area contributed by atoms with Crippen molar-refractivity contribution in [2.75, 3.05) is 26.1 Å². The molecule has 2 heterocycles. The molecule has 1 unspecified atom stereocenters. The number of methoxy groups -OCH3 is 2. The minimum atomic E-state index is -1.10. The van der Waals surface area contributed by atoms with E-state index in [1.54, 1.807) is 67.6 Å². The second-order valence-electron chi connectivity index (χ2n) is 8.83. The Hall–Kier alpha value is -4.90. The molecule has 0 saturated carbocycles. The molecule has 0 aliphatic heterocycles. The number of ether oxygens (including phenoxy) is 4. The first-order valence-corrected chi connectivity index (χ1v) is 13.5. The minimum Gasteiger partial charge on any atom is -0.493 e. The van der Waals surface area contributed by atoms with Crippen LogP contribution in [0.4, 0.5) is 5.13 Å². The van der Waals surface area contributed by atoms with Gasteiger partial charge in [-0.1, -0.05) is 23.5 Å². The van der Waals surface area contributed by atoms with Gasteiger partial charge in [-0.3, -0.25) is 14.9 Å². The standard InChI is InChI=1S/C30H26N2O8S/c1-5-38-29(35)18-10-12-20-24(15-18)41-30(31-20)32-28(34)16(2)39-27-25(33)19-8-6-7-9-21(19)40-26(27)17-11-13-22(36-3)23(14-17)37-4/h6-16H,5H2,1-4H3,(H,31,32,34). The van der Waals surface area contributed by atoms with E-state index in [0.717, 1.165) is 0 Å². The van der Waals surface area contributed by atoms with Gasteiger partial charge >= 0.3 is 5.97 Å². The number of amides is 1. The van der Waals surface area contributed by atoms with E-state index in [9.17, 15) is 14.4 Å². The van der Waals surface area contributed by atoms with Gasteiger partial charge in [-0.25, -0.2) is 9.78 Å². The number of hydrogen-bond acceptors (Lipinski definition) is 10. The first kappa shape index (κ1) is 27.7. The zero-order valence-corrected chi connectivity index (χ0v) is 23.5. The topological polar surface area (TPSA) is 126 Å². The smallest absolute Gasteiger partial charge is 0.338 e. The normalized spacial score (nSPS) is 11.7. The maximum atomic E-state index is 13.5. The highest BCUT2D eigenvalue weighted by molar-refractivity contribution is 7.22. The molecule has 0 aliphatic carbocycles. The molecular weight excluding hydrogens is 548 g/mol. The molecule has 0 spiro atoms. The van der Waals surface area contributed by atoms with E-state index in [1.807, 2.05) is 0 Å². The summed E-state index contributed by atoms with van der Waals surface area (Å²) in [6, 6.07) is 16.8. The van der Waals surface area contributed by atoms with Gasteiger partial charge in [0, 0.05) is 5.56 Å². The number of benzene rings is 3. The Morgan fingerprint density at radius 1 is 1.02 bits per heavy atom. The number of aromatic nitrogens is 1. The van der Waals surface area contributed by atoms with E-state index in [-0.39, 0.29) is 18.1 Å². The maximum absolute atomic E-state index is 13.5. The van der Waals surface area contributed by atoms with Crippen molar-refractivity contribution in [2.24, 2.45) is 0 Å². The fourth-order valence-electron chi connectivity index (χ4n) is 4.16. The molecule has 5 aromatic rings. The van der Waals surface area contributed by atoms with Gasteiger partial charge in [0.1, 0.15) is 5.58 Å². The third-order valence-corrected chi connectivity index (χ3v) is 7.13. The van der Waals surface area contributed by atoms with Gasteiger partial charge in [0.2, 0.25) is 11.2 Å². The molecule has 0 radical (unpaired) electrons. The van der Waals surface area contributed by atoms with E-state index in [4.69, 9.17) is 23.4 Å². The highest BCUT2D eigenvalue weighted by atomic mass is 32.1. The Balaban J connectivity index is 1.45. The Morgan fingerprint density at radius 2 is 1.80 bits per heavy atom. The number of nitrogens with one attached hydrogen (secondary N) is 1. The molecule has 41 heavy (non-hydrogen) atoms. The molecule has 11 heteroatoms. The molecule has 3 aromatic carbocycles. The summed E-state index contributed by atoms with van der Waals surface area (Å²) >= 11 is 1.20. The highest BCUT2D eigenvalue weighted by Crippen LogP contribution is 2.37. The van der Waals surface area contributed by atoms with Crippen LogP contribution >= 0.6 is 11.3 Å². The van der Waals surface area contributed by atoms with Crippen LogP contribution < -0.4 is 25.0 Å². The zero-order valence-electron chi connectivity index (χ0n) is 22.7. The lowest BCUT2D eigenvalue weighted by Crippen LogP contribution is -2.31. The number of nitrogens with zero attached hydrogens (tertiary/aromatic N) is 1. The monoisotopic (exact) mass is 574 g/mol.